The SMILES string of the molecule is CC1CC[NH+](Cc2nc(NC[C@@H](C)O)c3c4c(sc3n2)CCC4)CC1. The minimum Gasteiger partial charge on any atom is -0.392 e. The van der Waals surface area contributed by atoms with E-state index in [1.165, 1.54) is 54.6 Å². The highest BCUT2D eigenvalue weighted by atomic mass is 32.1. The van der Waals surface area contributed by atoms with Crippen LogP contribution in [-0.4, -0.2) is 40.8 Å². The van der Waals surface area contributed by atoms with Gasteiger partial charge in [0.2, 0.25) is 0 Å². The molecule has 0 spiro atoms. The standard InChI is InChI=1S/C19H28N4OS/c1-12-6-8-23(9-7-12)11-16-21-18(20-10-13(2)24)17-14-4-3-5-15(14)25-19(17)22-16/h12-13,24H,3-11H2,1-2H3,(H,20,21,22)/p+1/t13-/m1/s1. The van der Waals surface area contributed by atoms with Crippen LogP contribution in [0.1, 0.15) is 49.4 Å². The van der Waals surface area contributed by atoms with Gasteiger partial charge in [0.25, 0.3) is 0 Å². The van der Waals surface area contributed by atoms with Crippen LogP contribution in [0.2, 0.25) is 0 Å². The van der Waals surface area contributed by atoms with Crippen LogP contribution in [0, 0.1) is 5.92 Å². The number of aryl methyl sites for hydroxylation is 2. The van der Waals surface area contributed by atoms with Gasteiger partial charge in [0.1, 0.15) is 17.2 Å². The molecule has 1 fully saturated rings. The maximum atomic E-state index is 9.68. The van der Waals surface area contributed by atoms with Gasteiger partial charge < -0.3 is 15.3 Å². The van der Waals surface area contributed by atoms with Crippen LogP contribution in [-0.2, 0) is 19.4 Å². The number of piperidine rings is 1. The van der Waals surface area contributed by atoms with E-state index in [1.807, 2.05) is 18.3 Å². The van der Waals surface area contributed by atoms with Gasteiger partial charge in [-0.1, -0.05) is 6.92 Å². The Morgan fingerprint density at radius 1 is 1.28 bits per heavy atom. The molecule has 6 heteroatoms. The molecule has 2 aliphatic rings. The number of anilines is 1. The van der Waals surface area contributed by atoms with Crippen molar-refractivity contribution in [3.63, 3.8) is 0 Å². The fraction of sp³-hybridized carbons (Fsp3) is 0.684. The molecule has 1 aliphatic heterocycles. The van der Waals surface area contributed by atoms with E-state index in [0.29, 0.717) is 6.54 Å². The molecule has 3 heterocycles. The molecule has 1 saturated heterocycles. The highest BCUT2D eigenvalue weighted by molar-refractivity contribution is 7.19. The van der Waals surface area contributed by atoms with Crippen molar-refractivity contribution < 1.29 is 10.0 Å². The maximum Gasteiger partial charge on any atom is 0.187 e. The molecule has 0 radical (unpaired) electrons. The number of hydrogen-bond acceptors (Lipinski definition) is 5. The lowest BCUT2D eigenvalue weighted by atomic mass is 9.99. The average molecular weight is 362 g/mol. The van der Waals surface area contributed by atoms with Crippen molar-refractivity contribution in [3.8, 4) is 0 Å². The van der Waals surface area contributed by atoms with E-state index in [2.05, 4.69) is 12.2 Å². The summed E-state index contributed by atoms with van der Waals surface area (Å²) in [6, 6.07) is 0. The Hall–Kier alpha value is -1.24. The molecule has 25 heavy (non-hydrogen) atoms. The van der Waals surface area contributed by atoms with Gasteiger partial charge in [-0.2, -0.15) is 0 Å². The smallest absolute Gasteiger partial charge is 0.187 e. The van der Waals surface area contributed by atoms with E-state index in [4.69, 9.17) is 9.97 Å². The van der Waals surface area contributed by atoms with Crippen molar-refractivity contribution >= 4 is 27.4 Å². The molecule has 0 unspecified atom stereocenters. The number of aliphatic hydroxyl groups excluding tert-OH is 1. The van der Waals surface area contributed by atoms with Gasteiger partial charge in [0.15, 0.2) is 5.82 Å². The molecule has 136 valence electrons. The number of hydrogen-bond donors (Lipinski definition) is 3. The lowest BCUT2D eigenvalue weighted by Crippen LogP contribution is -3.11. The number of nitrogens with one attached hydrogen (secondary N) is 2. The van der Waals surface area contributed by atoms with Crippen LogP contribution in [0.5, 0.6) is 0 Å². The van der Waals surface area contributed by atoms with Crippen LogP contribution in [0.4, 0.5) is 5.82 Å². The first-order valence-corrected chi connectivity index (χ1v) is 10.5. The number of thiophene rings is 1. The fourth-order valence-corrected chi connectivity index (χ4v) is 5.34. The second kappa shape index (κ2) is 7.17. The number of aliphatic hydroxyl groups is 1. The van der Waals surface area contributed by atoms with Crippen molar-refractivity contribution in [2.45, 2.75) is 58.6 Å². The molecule has 5 nitrogen and oxygen atoms in total. The highest BCUT2D eigenvalue weighted by Crippen LogP contribution is 2.39. The fourth-order valence-electron chi connectivity index (χ4n) is 4.06. The molecule has 1 aliphatic carbocycles. The molecular formula is C19H29N4OS+. The number of rotatable bonds is 5. The molecular weight excluding hydrogens is 332 g/mol. The third-order valence-corrected chi connectivity index (χ3v) is 6.75. The predicted molar refractivity (Wildman–Crippen MR) is 102 cm³/mol. The van der Waals surface area contributed by atoms with Gasteiger partial charge in [-0.3, -0.25) is 0 Å². The van der Waals surface area contributed by atoms with Gasteiger partial charge in [0, 0.05) is 11.4 Å². The van der Waals surface area contributed by atoms with Crippen molar-refractivity contribution in [2.75, 3.05) is 25.0 Å². The van der Waals surface area contributed by atoms with Crippen LogP contribution in [0.3, 0.4) is 0 Å². The second-order valence-electron chi connectivity index (χ2n) is 7.87. The number of nitrogens with zero attached hydrogens (tertiary/aromatic N) is 2. The summed E-state index contributed by atoms with van der Waals surface area (Å²) in [7, 11) is 0. The Balaban J connectivity index is 1.63. The Bertz CT molecular complexity index is 749. The van der Waals surface area contributed by atoms with Crippen LogP contribution < -0.4 is 10.2 Å². The minimum absolute atomic E-state index is 0.380. The first-order chi connectivity index (χ1) is 12.1. The lowest BCUT2D eigenvalue weighted by Gasteiger charge is -2.26. The number of aromatic nitrogens is 2. The summed E-state index contributed by atoms with van der Waals surface area (Å²) in [6.07, 6.45) is 5.78. The molecule has 0 aromatic carbocycles. The van der Waals surface area contributed by atoms with E-state index in [-0.39, 0.29) is 6.10 Å². The summed E-state index contributed by atoms with van der Waals surface area (Å²) in [5.74, 6) is 2.74. The van der Waals surface area contributed by atoms with Crippen molar-refractivity contribution in [2.24, 2.45) is 5.92 Å². The number of likely N-dealkylation sites (tertiary alicyclic amines) is 1. The van der Waals surface area contributed by atoms with Crippen LogP contribution in [0.25, 0.3) is 10.2 Å². The lowest BCUT2D eigenvalue weighted by molar-refractivity contribution is -0.920. The predicted octanol–water partition coefficient (Wildman–Crippen LogP) is 1.79. The molecule has 0 amide bonds. The van der Waals surface area contributed by atoms with Crippen LogP contribution >= 0.6 is 11.3 Å². The van der Waals surface area contributed by atoms with Crippen LogP contribution in [0.15, 0.2) is 0 Å². The molecule has 1 atom stereocenters. The van der Waals surface area contributed by atoms with Gasteiger partial charge in [-0.15, -0.1) is 11.3 Å². The molecule has 2 aromatic rings. The van der Waals surface area contributed by atoms with Crippen molar-refractivity contribution in [1.82, 2.24) is 9.97 Å². The average Bonchev–Trinajstić information content (AvgIpc) is 3.15. The third kappa shape index (κ3) is 3.66. The zero-order valence-corrected chi connectivity index (χ0v) is 16.1. The number of fused-ring (bicyclic) bond motifs is 3. The van der Waals surface area contributed by atoms with Gasteiger partial charge in [0.05, 0.1) is 24.6 Å². The largest absolute Gasteiger partial charge is 0.392 e. The molecule has 3 N–H and O–H groups in total. The maximum absolute atomic E-state index is 9.68. The zero-order valence-electron chi connectivity index (χ0n) is 15.3. The summed E-state index contributed by atoms with van der Waals surface area (Å²) in [4.78, 5) is 14.0. The first-order valence-electron chi connectivity index (χ1n) is 9.67. The summed E-state index contributed by atoms with van der Waals surface area (Å²) in [5.41, 5.74) is 1.44. The normalized spacial score (nSPS) is 24.4. The first kappa shape index (κ1) is 17.2. The Kier molecular flexibility index (Phi) is 4.93. The summed E-state index contributed by atoms with van der Waals surface area (Å²) < 4.78 is 0. The van der Waals surface area contributed by atoms with Gasteiger partial charge >= 0.3 is 0 Å². The highest BCUT2D eigenvalue weighted by Gasteiger charge is 2.25. The van der Waals surface area contributed by atoms with E-state index in [0.717, 1.165) is 35.4 Å². The van der Waals surface area contributed by atoms with Gasteiger partial charge in [-0.05, 0) is 50.5 Å². The summed E-state index contributed by atoms with van der Waals surface area (Å²) >= 11 is 1.85. The summed E-state index contributed by atoms with van der Waals surface area (Å²) in [5, 5.41) is 14.3. The summed E-state index contributed by atoms with van der Waals surface area (Å²) in [6.45, 7) is 8.05. The molecule has 0 saturated carbocycles. The topological polar surface area (TPSA) is 62.5 Å². The Morgan fingerprint density at radius 3 is 2.84 bits per heavy atom. The Morgan fingerprint density at radius 2 is 2.08 bits per heavy atom. The number of quaternary nitrogens is 1. The third-order valence-electron chi connectivity index (χ3n) is 5.57. The Labute approximate surface area is 153 Å². The molecule has 0 bridgehead atoms. The van der Waals surface area contributed by atoms with Crippen molar-refractivity contribution in [1.29, 1.82) is 0 Å². The van der Waals surface area contributed by atoms with Gasteiger partial charge in [-0.25, -0.2) is 9.97 Å². The van der Waals surface area contributed by atoms with E-state index in [9.17, 15) is 5.11 Å². The quantitative estimate of drug-likeness (QED) is 0.760. The zero-order chi connectivity index (χ0) is 17.4. The molecule has 2 aromatic heterocycles. The second-order valence-corrected chi connectivity index (χ2v) is 8.95. The minimum atomic E-state index is -0.380. The monoisotopic (exact) mass is 361 g/mol. The van der Waals surface area contributed by atoms with E-state index < -0.39 is 0 Å². The molecule has 4 rings (SSSR count). The van der Waals surface area contributed by atoms with E-state index in [1.54, 1.807) is 4.90 Å². The van der Waals surface area contributed by atoms with E-state index >= 15 is 0 Å². The van der Waals surface area contributed by atoms with Crippen molar-refractivity contribution in [3.05, 3.63) is 16.3 Å².